The highest BCUT2D eigenvalue weighted by Gasteiger charge is 2.56. The minimum absolute atomic E-state index is 0.0888. The second kappa shape index (κ2) is 39.4. The van der Waals surface area contributed by atoms with Crippen LogP contribution >= 0.6 is 0 Å². The topological polar surface area (TPSA) is 243 Å². The molecule has 10 rings (SSSR count). The van der Waals surface area contributed by atoms with E-state index in [2.05, 4.69) is 138 Å². The standard InChI is InChI=1S/C10H20O.2C9H18O2.3C9H18O.3C8H16O.C7H14O/c1-8(2)10(5-6-10)7-9(3,4)11;2*1-7(2)9(3-4-9)5-8(11)6-10;1-7(2)9(5-6-9)8(3,4)10;2*1-7(2)9(4-5-9)6-8(3)10;2*1-6(2)8(4-5-8)7(3)9;1-7(2)8(3-4-8)5-6-9;1-6(2)7(5-8)3-4-7/h8,11H,5-7H2,1-4H3;2*7-8,10-11H,3-6H2,1-2H3;7,10H,5-6H2,1-4H3;2*7-8,10H,4-6H2,1-3H3;2*6-7,9H,4-5H2,1-3H3;7,9H,3-6H2,1-2H3;6,8H,3-5H2,1-2H3/t;2*8-;;2*8-;2*7-;;/m.10.1010../s1. The quantitative estimate of drug-likeness (QED) is 0.0350. The van der Waals surface area contributed by atoms with E-state index in [0.29, 0.717) is 97.5 Å². The third kappa shape index (κ3) is 30.4. The molecule has 0 aromatic rings. The normalized spacial score (nSPS) is 24.2. The van der Waals surface area contributed by atoms with Gasteiger partial charge in [0.1, 0.15) is 0 Å². The third-order valence-corrected chi connectivity index (χ3v) is 28.4. The lowest BCUT2D eigenvalue weighted by molar-refractivity contribution is -0.0204. The number of hydrogen-bond acceptors (Lipinski definition) is 12. The molecule has 0 saturated heterocycles. The Hall–Kier alpha value is -0.480. The first-order valence-corrected chi connectivity index (χ1v) is 40.7. The fourth-order valence-corrected chi connectivity index (χ4v) is 16.8. The van der Waals surface area contributed by atoms with Crippen molar-refractivity contribution >= 4 is 0 Å². The molecule has 0 unspecified atom stereocenters. The summed E-state index contributed by atoms with van der Waals surface area (Å²) in [5.41, 5.74) is 3.06. The van der Waals surface area contributed by atoms with Crippen LogP contribution in [-0.4, -0.2) is 136 Å². The van der Waals surface area contributed by atoms with Crippen molar-refractivity contribution in [3.8, 4) is 0 Å². The molecule has 10 aliphatic carbocycles. The molecule has 10 saturated carbocycles. The van der Waals surface area contributed by atoms with Crippen molar-refractivity contribution in [2.75, 3.05) is 26.4 Å². The van der Waals surface area contributed by atoms with E-state index in [9.17, 15) is 40.9 Å². The fraction of sp³-hybridized carbons (Fsp3) is 1.00. The van der Waals surface area contributed by atoms with Crippen molar-refractivity contribution in [3.05, 3.63) is 0 Å². The van der Waals surface area contributed by atoms with Crippen LogP contribution < -0.4 is 0 Å². The zero-order valence-corrected chi connectivity index (χ0v) is 69.8. The van der Waals surface area contributed by atoms with Crippen molar-refractivity contribution < 1.29 is 61.3 Å². The Morgan fingerprint density at radius 3 is 0.592 bits per heavy atom. The summed E-state index contributed by atoms with van der Waals surface area (Å²) in [6.07, 6.45) is 29.4. The van der Waals surface area contributed by atoms with Gasteiger partial charge in [-0.3, -0.25) is 0 Å². The third-order valence-electron chi connectivity index (χ3n) is 28.4. The minimum Gasteiger partial charge on any atom is -0.396 e. The van der Waals surface area contributed by atoms with Crippen LogP contribution in [0, 0.1) is 113 Å². The van der Waals surface area contributed by atoms with Crippen molar-refractivity contribution in [2.24, 2.45) is 113 Å². The lowest BCUT2D eigenvalue weighted by Crippen LogP contribution is -2.36. The SMILES string of the molecule is CC(C)C1(C(C)(C)O)CC1.CC(C)C1(CC(C)(C)O)CC1.CC(C)C1(CCO)CC1.CC(C)C1(CO)CC1.CC(C)C1(C[C@@H](C)O)CC1.CC(C)C1(C[C@@H](O)CO)CC1.CC(C)C1(C[C@H](C)O)CC1.CC(C)C1(C[C@H](O)CO)CC1.CC(C)C1([C@@H](C)O)CC1.CC(C)C1([C@H](C)O)CC1. The molecule has 0 heterocycles. The summed E-state index contributed by atoms with van der Waals surface area (Å²) in [5.74, 6) is 6.88. The molecular formula is C86H172O12. The molecule has 10 aliphatic rings. The summed E-state index contributed by atoms with van der Waals surface area (Å²) in [4.78, 5) is 0. The second-order valence-electron chi connectivity index (χ2n) is 39.4. The predicted octanol–water partition coefficient (Wildman–Crippen LogP) is 18.3. The highest BCUT2D eigenvalue weighted by atomic mass is 16.3. The molecule has 10 fully saturated rings. The van der Waals surface area contributed by atoms with Crippen molar-refractivity contribution in [2.45, 2.75) is 409 Å². The van der Waals surface area contributed by atoms with Crippen molar-refractivity contribution in [1.29, 1.82) is 0 Å². The molecule has 6 atom stereocenters. The molecule has 12 heteroatoms. The maximum atomic E-state index is 9.78. The van der Waals surface area contributed by atoms with Gasteiger partial charge in [0.25, 0.3) is 0 Å². The maximum absolute atomic E-state index is 9.78. The molecule has 0 aliphatic heterocycles. The Bertz CT molecular complexity index is 2000. The summed E-state index contributed by atoms with van der Waals surface area (Å²) < 4.78 is 0. The lowest BCUT2D eigenvalue weighted by Gasteiger charge is -2.32. The number of hydrogen-bond donors (Lipinski definition) is 12. The van der Waals surface area contributed by atoms with E-state index in [0.717, 1.165) is 62.2 Å². The largest absolute Gasteiger partial charge is 0.396 e. The predicted molar refractivity (Wildman–Crippen MR) is 412 cm³/mol. The molecule has 0 radical (unpaired) electrons. The van der Waals surface area contributed by atoms with Gasteiger partial charge in [0, 0.05) is 18.6 Å². The van der Waals surface area contributed by atoms with Gasteiger partial charge >= 0.3 is 0 Å². The van der Waals surface area contributed by atoms with Crippen LogP contribution in [0.4, 0.5) is 0 Å². The van der Waals surface area contributed by atoms with Gasteiger partial charge in [-0.2, -0.15) is 0 Å². The smallest absolute Gasteiger partial charge is 0.0776 e. The van der Waals surface area contributed by atoms with Crippen LogP contribution in [0.15, 0.2) is 0 Å². The van der Waals surface area contributed by atoms with Crippen LogP contribution in [0.1, 0.15) is 361 Å². The summed E-state index contributed by atoms with van der Waals surface area (Å²) >= 11 is 0. The zero-order valence-electron chi connectivity index (χ0n) is 69.8. The maximum Gasteiger partial charge on any atom is 0.0776 e. The summed E-state index contributed by atoms with van der Waals surface area (Å²) in [7, 11) is 0. The van der Waals surface area contributed by atoms with E-state index in [-0.39, 0.29) is 43.0 Å². The minimum atomic E-state index is -0.500. The number of aliphatic hydroxyl groups excluding tert-OH is 10. The molecule has 0 aromatic heterocycles. The molecule has 0 bridgehead atoms. The molecule has 0 spiro atoms. The summed E-state index contributed by atoms with van der Waals surface area (Å²) in [5, 5.41) is 110. The first-order chi connectivity index (χ1) is 44.7. The van der Waals surface area contributed by atoms with Crippen LogP contribution in [0.25, 0.3) is 0 Å². The Morgan fingerprint density at radius 1 is 0.286 bits per heavy atom. The highest BCUT2D eigenvalue weighted by molar-refractivity contribution is 5.06. The van der Waals surface area contributed by atoms with E-state index in [1.165, 1.54) is 128 Å². The average molecular weight is 1400 g/mol. The molecule has 12 N–H and O–H groups in total. The van der Waals surface area contributed by atoms with Crippen molar-refractivity contribution in [1.82, 2.24) is 0 Å². The van der Waals surface area contributed by atoms with E-state index in [1.54, 1.807) is 0 Å². The Kier molecular flexibility index (Phi) is 38.4. The van der Waals surface area contributed by atoms with Crippen LogP contribution in [0.2, 0.25) is 0 Å². The van der Waals surface area contributed by atoms with Gasteiger partial charge < -0.3 is 61.3 Å². The van der Waals surface area contributed by atoms with E-state index in [1.807, 2.05) is 55.4 Å². The summed E-state index contributed by atoms with van der Waals surface area (Å²) in [6.45, 7) is 60.3. The van der Waals surface area contributed by atoms with Gasteiger partial charge in [0.15, 0.2) is 0 Å². The van der Waals surface area contributed by atoms with Crippen LogP contribution in [-0.2, 0) is 0 Å². The molecule has 12 nitrogen and oxygen atoms in total. The van der Waals surface area contributed by atoms with Crippen LogP contribution in [0.5, 0.6) is 0 Å². The second-order valence-corrected chi connectivity index (χ2v) is 39.4. The molecule has 0 amide bonds. The summed E-state index contributed by atoms with van der Waals surface area (Å²) in [6, 6.07) is 0. The Morgan fingerprint density at radius 2 is 0.531 bits per heavy atom. The monoisotopic (exact) mass is 1400 g/mol. The van der Waals surface area contributed by atoms with Gasteiger partial charge in [0.2, 0.25) is 0 Å². The Balaban J connectivity index is 0.000000545. The lowest BCUT2D eigenvalue weighted by atomic mass is 9.78. The van der Waals surface area contributed by atoms with Gasteiger partial charge in [-0.25, -0.2) is 0 Å². The van der Waals surface area contributed by atoms with Crippen molar-refractivity contribution in [3.63, 3.8) is 0 Å². The first kappa shape index (κ1) is 95.5. The van der Waals surface area contributed by atoms with E-state index < -0.39 is 23.4 Å². The average Bonchev–Trinajstić information content (AvgIpc) is 1.59. The first-order valence-electron chi connectivity index (χ1n) is 40.7. The van der Waals surface area contributed by atoms with Gasteiger partial charge in [-0.15, -0.1) is 0 Å². The number of rotatable bonds is 28. The molecular weight excluding hydrogens is 1220 g/mol. The number of aliphatic hydroxyl groups is 12. The molecule has 0 aromatic carbocycles. The zero-order chi connectivity index (χ0) is 76.5. The molecule has 588 valence electrons. The van der Waals surface area contributed by atoms with Gasteiger partial charge in [-0.05, 0) is 330 Å². The van der Waals surface area contributed by atoms with E-state index in [4.69, 9.17) is 20.4 Å². The molecule has 98 heavy (non-hydrogen) atoms. The van der Waals surface area contributed by atoms with Crippen LogP contribution in [0.3, 0.4) is 0 Å². The Labute approximate surface area is 606 Å². The van der Waals surface area contributed by atoms with Gasteiger partial charge in [0.05, 0.1) is 61.0 Å². The van der Waals surface area contributed by atoms with E-state index >= 15 is 0 Å². The fourth-order valence-electron chi connectivity index (χ4n) is 16.8. The van der Waals surface area contributed by atoms with Gasteiger partial charge in [-0.1, -0.05) is 138 Å². The highest BCUT2D eigenvalue weighted by Crippen LogP contribution is 2.62.